The Labute approximate surface area is 118 Å². The molecule has 6 heteroatoms. The average Bonchev–Trinajstić information content (AvgIpc) is 2.84. The van der Waals surface area contributed by atoms with E-state index in [9.17, 15) is 4.79 Å². The summed E-state index contributed by atoms with van der Waals surface area (Å²) in [6.07, 6.45) is 3.56. The predicted molar refractivity (Wildman–Crippen MR) is 79.3 cm³/mol. The Kier molecular flexibility index (Phi) is 4.31. The zero-order valence-electron chi connectivity index (χ0n) is 11.0. The number of nitrogens with zero attached hydrogens (tertiary/aromatic N) is 1. The van der Waals surface area contributed by atoms with Crippen molar-refractivity contribution >= 4 is 28.9 Å². The fourth-order valence-electron chi connectivity index (χ4n) is 2.21. The number of fused-ring (bicyclic) bond motifs is 1. The van der Waals surface area contributed by atoms with Crippen LogP contribution in [-0.2, 0) is 17.6 Å². The molecule has 0 aliphatic heterocycles. The van der Waals surface area contributed by atoms with E-state index in [1.54, 1.807) is 7.05 Å². The number of hydrogen-bond acceptors (Lipinski definition) is 4. The third-order valence-electron chi connectivity index (χ3n) is 3.24. The predicted octanol–water partition coefficient (Wildman–Crippen LogP) is 0.752. The Morgan fingerprint density at radius 3 is 3.00 bits per heavy atom. The topological polar surface area (TPSA) is 80.0 Å². The third-order valence-corrected chi connectivity index (χ3v) is 3.46. The lowest BCUT2D eigenvalue weighted by atomic mass is 10.1. The highest BCUT2D eigenvalue weighted by atomic mass is 32.1. The monoisotopic (exact) mass is 278 g/mol. The van der Waals surface area contributed by atoms with Crippen molar-refractivity contribution in [1.82, 2.24) is 10.3 Å². The zero-order chi connectivity index (χ0) is 13.8. The van der Waals surface area contributed by atoms with Crippen LogP contribution in [0.1, 0.15) is 29.7 Å². The number of aromatic nitrogens is 1. The van der Waals surface area contributed by atoms with E-state index >= 15 is 0 Å². The summed E-state index contributed by atoms with van der Waals surface area (Å²) in [6, 6.07) is 2.03. The number of anilines is 1. The molecule has 2 rings (SSSR count). The number of amides is 1. The van der Waals surface area contributed by atoms with Crippen LogP contribution >= 0.6 is 12.2 Å². The second-order valence-electron chi connectivity index (χ2n) is 4.56. The average molecular weight is 278 g/mol. The standard InChI is InChI=1S/C13H18N4OS/c1-15-11(18)5-6-16-13-9(12(14)19)7-8-3-2-4-10(8)17-13/h7H,2-6H2,1H3,(H2,14,19)(H,15,18)(H,16,17). The quantitative estimate of drug-likeness (QED) is 0.693. The van der Waals surface area contributed by atoms with Crippen LogP contribution in [0.4, 0.5) is 5.82 Å². The molecule has 0 unspecified atom stereocenters. The van der Waals surface area contributed by atoms with Crippen molar-refractivity contribution in [3.05, 3.63) is 22.9 Å². The molecule has 1 amide bonds. The van der Waals surface area contributed by atoms with Gasteiger partial charge in [-0.3, -0.25) is 4.79 Å². The van der Waals surface area contributed by atoms with Gasteiger partial charge in [-0.05, 0) is 30.9 Å². The molecule has 0 spiro atoms. The smallest absolute Gasteiger partial charge is 0.221 e. The van der Waals surface area contributed by atoms with Gasteiger partial charge in [0.15, 0.2) is 0 Å². The lowest BCUT2D eigenvalue weighted by molar-refractivity contribution is -0.120. The number of thiocarbonyl (C=S) groups is 1. The van der Waals surface area contributed by atoms with Gasteiger partial charge >= 0.3 is 0 Å². The van der Waals surface area contributed by atoms with Crippen molar-refractivity contribution in [1.29, 1.82) is 0 Å². The fraction of sp³-hybridized carbons (Fsp3) is 0.462. The van der Waals surface area contributed by atoms with Crippen molar-refractivity contribution in [2.75, 3.05) is 18.9 Å². The largest absolute Gasteiger partial charge is 0.389 e. The van der Waals surface area contributed by atoms with Crippen LogP contribution in [0.25, 0.3) is 0 Å². The van der Waals surface area contributed by atoms with Crippen LogP contribution in [0.2, 0.25) is 0 Å². The Morgan fingerprint density at radius 2 is 2.32 bits per heavy atom. The molecule has 1 aromatic rings. The van der Waals surface area contributed by atoms with E-state index in [0.717, 1.165) is 30.5 Å². The van der Waals surface area contributed by atoms with E-state index < -0.39 is 0 Å². The minimum atomic E-state index is -0.00876. The minimum absolute atomic E-state index is 0.00876. The third kappa shape index (κ3) is 3.20. The second-order valence-corrected chi connectivity index (χ2v) is 5.00. The number of carbonyl (C=O) groups is 1. The molecule has 0 fully saturated rings. The van der Waals surface area contributed by atoms with Crippen molar-refractivity contribution in [3.63, 3.8) is 0 Å². The first-order valence-corrected chi connectivity index (χ1v) is 6.79. The SMILES string of the molecule is CNC(=O)CCNc1nc2c(cc1C(N)=S)CCC2. The van der Waals surface area contributed by atoms with Crippen LogP contribution in [0.5, 0.6) is 0 Å². The maximum atomic E-state index is 11.2. The van der Waals surface area contributed by atoms with Crippen molar-refractivity contribution in [2.45, 2.75) is 25.7 Å². The first-order valence-electron chi connectivity index (χ1n) is 6.39. The van der Waals surface area contributed by atoms with E-state index in [4.69, 9.17) is 18.0 Å². The van der Waals surface area contributed by atoms with Gasteiger partial charge in [-0.2, -0.15) is 0 Å². The van der Waals surface area contributed by atoms with Crippen molar-refractivity contribution < 1.29 is 4.79 Å². The number of hydrogen-bond donors (Lipinski definition) is 3. The minimum Gasteiger partial charge on any atom is -0.389 e. The number of rotatable bonds is 5. The summed E-state index contributed by atoms with van der Waals surface area (Å²) >= 11 is 5.06. The van der Waals surface area contributed by atoms with Gasteiger partial charge in [-0.1, -0.05) is 12.2 Å². The summed E-state index contributed by atoms with van der Waals surface area (Å²) in [5, 5.41) is 5.73. The molecule has 0 saturated heterocycles. The number of nitrogens with two attached hydrogens (primary N) is 1. The fourth-order valence-corrected chi connectivity index (χ4v) is 2.37. The molecule has 1 heterocycles. The van der Waals surface area contributed by atoms with Gasteiger partial charge in [0.1, 0.15) is 10.8 Å². The molecule has 0 atom stereocenters. The van der Waals surface area contributed by atoms with Gasteiger partial charge in [0.25, 0.3) is 0 Å². The van der Waals surface area contributed by atoms with Gasteiger partial charge in [0.05, 0.1) is 5.56 Å². The molecular weight excluding hydrogens is 260 g/mol. The first kappa shape index (κ1) is 13.7. The molecule has 1 aromatic heterocycles. The molecule has 1 aliphatic carbocycles. The molecule has 0 saturated carbocycles. The van der Waals surface area contributed by atoms with Crippen LogP contribution in [0, 0.1) is 0 Å². The highest BCUT2D eigenvalue weighted by Crippen LogP contribution is 2.25. The summed E-state index contributed by atoms with van der Waals surface area (Å²) in [5.74, 6) is 0.683. The van der Waals surface area contributed by atoms with Crippen LogP contribution < -0.4 is 16.4 Å². The summed E-state index contributed by atoms with van der Waals surface area (Å²) < 4.78 is 0. The number of carbonyl (C=O) groups excluding carboxylic acids is 1. The normalized spacial score (nSPS) is 12.9. The van der Waals surface area contributed by atoms with Gasteiger partial charge in [-0.25, -0.2) is 4.98 Å². The number of aryl methyl sites for hydroxylation is 2. The summed E-state index contributed by atoms with van der Waals surface area (Å²) in [5.41, 5.74) is 8.86. The van der Waals surface area contributed by atoms with E-state index in [-0.39, 0.29) is 5.91 Å². The van der Waals surface area contributed by atoms with E-state index in [1.165, 1.54) is 5.56 Å². The highest BCUT2D eigenvalue weighted by molar-refractivity contribution is 7.80. The second kappa shape index (κ2) is 5.97. The molecule has 19 heavy (non-hydrogen) atoms. The van der Waals surface area contributed by atoms with Gasteiger partial charge in [0, 0.05) is 25.7 Å². The Bertz CT molecular complexity index is 516. The molecule has 4 N–H and O–H groups in total. The lowest BCUT2D eigenvalue weighted by Crippen LogP contribution is -2.22. The Balaban J connectivity index is 2.14. The first-order chi connectivity index (χ1) is 9.11. The van der Waals surface area contributed by atoms with Crippen LogP contribution in [0.3, 0.4) is 0 Å². The maximum Gasteiger partial charge on any atom is 0.221 e. The molecule has 1 aliphatic rings. The Hall–Kier alpha value is -1.69. The molecule has 5 nitrogen and oxygen atoms in total. The summed E-state index contributed by atoms with van der Waals surface area (Å²) in [7, 11) is 1.62. The van der Waals surface area contributed by atoms with E-state index in [1.807, 2.05) is 6.07 Å². The zero-order valence-corrected chi connectivity index (χ0v) is 11.8. The van der Waals surface area contributed by atoms with Gasteiger partial charge in [0.2, 0.25) is 5.91 Å². The van der Waals surface area contributed by atoms with Crippen molar-refractivity contribution in [2.24, 2.45) is 5.73 Å². The van der Waals surface area contributed by atoms with Crippen molar-refractivity contribution in [3.8, 4) is 0 Å². The number of pyridine rings is 1. The lowest BCUT2D eigenvalue weighted by Gasteiger charge is -2.12. The Morgan fingerprint density at radius 1 is 1.53 bits per heavy atom. The molecule has 0 aromatic carbocycles. The van der Waals surface area contributed by atoms with E-state index in [2.05, 4.69) is 15.6 Å². The molecule has 0 bridgehead atoms. The van der Waals surface area contributed by atoms with Gasteiger partial charge < -0.3 is 16.4 Å². The molecular formula is C13H18N4OS. The van der Waals surface area contributed by atoms with Crippen LogP contribution in [0.15, 0.2) is 6.07 Å². The highest BCUT2D eigenvalue weighted by Gasteiger charge is 2.17. The number of nitrogens with one attached hydrogen (secondary N) is 2. The summed E-state index contributed by atoms with van der Waals surface area (Å²) in [6.45, 7) is 0.515. The maximum absolute atomic E-state index is 11.2. The van der Waals surface area contributed by atoms with Crippen LogP contribution in [-0.4, -0.2) is 29.5 Å². The summed E-state index contributed by atoms with van der Waals surface area (Å²) in [4.78, 5) is 16.1. The van der Waals surface area contributed by atoms with E-state index in [0.29, 0.717) is 23.8 Å². The molecule has 102 valence electrons. The van der Waals surface area contributed by atoms with Gasteiger partial charge in [-0.15, -0.1) is 0 Å². The molecule has 0 radical (unpaired) electrons.